The minimum atomic E-state index is -0.803. The van der Waals surface area contributed by atoms with Gasteiger partial charge in [0.2, 0.25) is 5.78 Å². The number of carbonyl (C=O) groups is 3. The van der Waals surface area contributed by atoms with E-state index in [0.29, 0.717) is 19.5 Å². The van der Waals surface area contributed by atoms with Gasteiger partial charge in [-0.3, -0.25) is 14.4 Å². The number of Topliss-reactive ketones (excluding diaryl/α,β-unsaturated/α-hetero) is 2. The Morgan fingerprint density at radius 3 is 1.79 bits per heavy atom. The number of hydrogen-bond donors (Lipinski definition) is 0. The molecular weight excluding hydrogens is 242 g/mol. The maximum absolute atomic E-state index is 12.1. The predicted octanol–water partition coefficient (Wildman–Crippen LogP) is 2.60. The minimum absolute atomic E-state index is 0.163. The van der Waals surface area contributed by atoms with Crippen molar-refractivity contribution in [2.75, 3.05) is 13.1 Å². The van der Waals surface area contributed by atoms with Crippen molar-refractivity contribution in [1.82, 2.24) is 4.90 Å². The van der Waals surface area contributed by atoms with Crippen LogP contribution < -0.4 is 0 Å². The molecule has 19 heavy (non-hydrogen) atoms. The van der Waals surface area contributed by atoms with Gasteiger partial charge in [-0.1, -0.05) is 33.6 Å². The highest BCUT2D eigenvalue weighted by atomic mass is 16.2. The van der Waals surface area contributed by atoms with Gasteiger partial charge in [0.1, 0.15) is 5.78 Å². The Labute approximate surface area is 116 Å². The molecule has 0 N–H and O–H groups in total. The maximum Gasteiger partial charge on any atom is 0.290 e. The first kappa shape index (κ1) is 17.8. The van der Waals surface area contributed by atoms with E-state index in [-0.39, 0.29) is 5.78 Å². The summed E-state index contributed by atoms with van der Waals surface area (Å²) >= 11 is 0. The van der Waals surface area contributed by atoms with Gasteiger partial charge >= 0.3 is 0 Å². The van der Waals surface area contributed by atoms with Gasteiger partial charge in [0.15, 0.2) is 0 Å². The average Bonchev–Trinajstić information content (AvgIpc) is 2.44. The third kappa shape index (κ3) is 5.99. The molecule has 4 heteroatoms. The van der Waals surface area contributed by atoms with Gasteiger partial charge in [0.05, 0.1) is 5.92 Å². The Balaban J connectivity index is 4.67. The van der Waals surface area contributed by atoms with E-state index in [9.17, 15) is 14.4 Å². The summed E-state index contributed by atoms with van der Waals surface area (Å²) in [6.07, 6.45) is 4.03. The van der Waals surface area contributed by atoms with Crippen molar-refractivity contribution < 1.29 is 14.4 Å². The van der Waals surface area contributed by atoms with Crippen LogP contribution >= 0.6 is 0 Å². The molecule has 0 aliphatic heterocycles. The SMILES string of the molecule is CCCCN(CCCC)C(=O)C(=O)[C@H](C)C(=O)CC. The zero-order valence-electron chi connectivity index (χ0n) is 12.7. The van der Waals surface area contributed by atoms with Gasteiger partial charge in [-0.25, -0.2) is 0 Å². The molecule has 0 bridgehead atoms. The van der Waals surface area contributed by atoms with Crippen molar-refractivity contribution in [2.45, 2.75) is 59.8 Å². The van der Waals surface area contributed by atoms with Crippen LogP contribution in [0.4, 0.5) is 0 Å². The Morgan fingerprint density at radius 1 is 0.947 bits per heavy atom. The second kappa shape index (κ2) is 9.70. The standard InChI is InChI=1S/C15H27NO3/c1-5-8-10-16(11-9-6-2)15(19)14(18)12(4)13(17)7-3/h12H,5-11H2,1-4H3/t12-/m1/s1. The molecule has 0 fully saturated rings. The van der Waals surface area contributed by atoms with Crippen molar-refractivity contribution in [3.8, 4) is 0 Å². The summed E-state index contributed by atoms with van der Waals surface area (Å²) in [5.74, 6) is -2.01. The van der Waals surface area contributed by atoms with Crippen LogP contribution in [-0.2, 0) is 14.4 Å². The predicted molar refractivity (Wildman–Crippen MR) is 75.9 cm³/mol. The second-order valence-electron chi connectivity index (χ2n) is 4.91. The number of rotatable bonds is 10. The zero-order valence-corrected chi connectivity index (χ0v) is 12.7. The van der Waals surface area contributed by atoms with Gasteiger partial charge in [-0.2, -0.15) is 0 Å². The topological polar surface area (TPSA) is 54.5 Å². The van der Waals surface area contributed by atoms with Crippen LogP contribution in [0.25, 0.3) is 0 Å². The molecule has 0 aliphatic carbocycles. The zero-order chi connectivity index (χ0) is 14.8. The number of unbranched alkanes of at least 4 members (excludes halogenated alkanes) is 2. The summed E-state index contributed by atoms with van der Waals surface area (Å²) in [5.41, 5.74) is 0. The fraction of sp³-hybridized carbons (Fsp3) is 0.800. The van der Waals surface area contributed by atoms with Crippen LogP contribution in [0.2, 0.25) is 0 Å². The molecule has 110 valence electrons. The first-order chi connectivity index (χ1) is 8.99. The second-order valence-corrected chi connectivity index (χ2v) is 4.91. The highest BCUT2D eigenvalue weighted by Gasteiger charge is 2.29. The van der Waals surface area contributed by atoms with E-state index in [2.05, 4.69) is 0 Å². The summed E-state index contributed by atoms with van der Waals surface area (Å²) in [5, 5.41) is 0. The molecule has 0 radical (unpaired) electrons. The maximum atomic E-state index is 12.1. The molecule has 0 heterocycles. The smallest absolute Gasteiger partial charge is 0.290 e. The van der Waals surface area contributed by atoms with Gasteiger partial charge in [0, 0.05) is 19.5 Å². The number of carbonyl (C=O) groups excluding carboxylic acids is 3. The molecule has 0 rings (SSSR count). The highest BCUT2D eigenvalue weighted by Crippen LogP contribution is 2.07. The van der Waals surface area contributed by atoms with E-state index in [1.165, 1.54) is 6.92 Å². The molecule has 0 saturated carbocycles. The number of amides is 1. The van der Waals surface area contributed by atoms with Crippen LogP contribution in [0.1, 0.15) is 59.8 Å². The van der Waals surface area contributed by atoms with E-state index < -0.39 is 17.6 Å². The third-order valence-electron chi connectivity index (χ3n) is 3.29. The number of ketones is 2. The molecule has 0 aliphatic rings. The lowest BCUT2D eigenvalue weighted by Gasteiger charge is -2.22. The summed E-state index contributed by atoms with van der Waals surface area (Å²) in [6.45, 7) is 8.55. The van der Waals surface area contributed by atoms with Crippen LogP contribution in [0, 0.1) is 5.92 Å². The molecule has 0 aromatic rings. The normalized spacial score (nSPS) is 12.0. The molecular formula is C15H27NO3. The molecule has 0 aromatic heterocycles. The molecule has 1 atom stereocenters. The van der Waals surface area contributed by atoms with Crippen molar-refractivity contribution >= 4 is 17.5 Å². The molecule has 0 aromatic carbocycles. The van der Waals surface area contributed by atoms with Gasteiger partial charge in [-0.05, 0) is 19.8 Å². The summed E-state index contributed by atoms with van der Waals surface area (Å²) in [4.78, 5) is 37.3. The Hall–Kier alpha value is -1.19. The van der Waals surface area contributed by atoms with Crippen LogP contribution in [0.15, 0.2) is 0 Å². The number of nitrogens with zero attached hydrogens (tertiary/aromatic N) is 1. The fourth-order valence-corrected chi connectivity index (χ4v) is 1.81. The van der Waals surface area contributed by atoms with Gasteiger partial charge in [-0.15, -0.1) is 0 Å². The minimum Gasteiger partial charge on any atom is -0.336 e. The van der Waals surface area contributed by atoms with E-state index in [4.69, 9.17) is 0 Å². The van der Waals surface area contributed by atoms with Crippen molar-refractivity contribution in [2.24, 2.45) is 5.92 Å². The van der Waals surface area contributed by atoms with Crippen LogP contribution in [-0.4, -0.2) is 35.5 Å². The third-order valence-corrected chi connectivity index (χ3v) is 3.29. The molecule has 0 saturated heterocycles. The van der Waals surface area contributed by atoms with Gasteiger partial charge in [0.25, 0.3) is 5.91 Å². The van der Waals surface area contributed by atoms with E-state index in [1.54, 1.807) is 11.8 Å². The summed E-state index contributed by atoms with van der Waals surface area (Å²) in [7, 11) is 0. The Morgan fingerprint density at radius 2 is 1.42 bits per heavy atom. The van der Waals surface area contributed by atoms with E-state index in [0.717, 1.165) is 25.7 Å². The largest absolute Gasteiger partial charge is 0.336 e. The summed E-state index contributed by atoms with van der Waals surface area (Å²) < 4.78 is 0. The van der Waals surface area contributed by atoms with E-state index >= 15 is 0 Å². The molecule has 0 spiro atoms. The van der Waals surface area contributed by atoms with Crippen molar-refractivity contribution in [3.63, 3.8) is 0 Å². The van der Waals surface area contributed by atoms with Crippen LogP contribution in [0.3, 0.4) is 0 Å². The van der Waals surface area contributed by atoms with Crippen LogP contribution in [0.5, 0.6) is 0 Å². The lowest BCUT2D eigenvalue weighted by Crippen LogP contribution is -2.41. The fourth-order valence-electron chi connectivity index (χ4n) is 1.81. The summed E-state index contributed by atoms with van der Waals surface area (Å²) in [6, 6.07) is 0. The number of hydrogen-bond acceptors (Lipinski definition) is 3. The van der Waals surface area contributed by atoms with Crippen molar-refractivity contribution in [1.29, 1.82) is 0 Å². The monoisotopic (exact) mass is 269 g/mol. The lowest BCUT2D eigenvalue weighted by molar-refractivity contribution is -0.148. The average molecular weight is 269 g/mol. The first-order valence-corrected chi connectivity index (χ1v) is 7.35. The Kier molecular flexibility index (Phi) is 9.09. The molecule has 4 nitrogen and oxygen atoms in total. The highest BCUT2D eigenvalue weighted by molar-refractivity contribution is 6.40. The first-order valence-electron chi connectivity index (χ1n) is 7.35. The quantitative estimate of drug-likeness (QED) is 0.452. The molecule has 1 amide bonds. The lowest BCUT2D eigenvalue weighted by atomic mass is 9.98. The molecule has 0 unspecified atom stereocenters. The van der Waals surface area contributed by atoms with Gasteiger partial charge < -0.3 is 4.90 Å². The van der Waals surface area contributed by atoms with E-state index in [1.807, 2.05) is 13.8 Å². The Bertz CT molecular complexity index is 305. The van der Waals surface area contributed by atoms with Crippen molar-refractivity contribution in [3.05, 3.63) is 0 Å².